The molecule has 2 aromatic heterocycles. The Hall–Kier alpha value is -2.02. The van der Waals surface area contributed by atoms with Gasteiger partial charge < -0.3 is 10.1 Å². The van der Waals surface area contributed by atoms with Crippen molar-refractivity contribution in [2.45, 2.75) is 12.8 Å². The lowest BCUT2D eigenvalue weighted by Crippen LogP contribution is -2.28. The fraction of sp³-hybridized carbons (Fsp3) is 0.278. The molecule has 7 heteroatoms. The fourth-order valence-corrected chi connectivity index (χ4v) is 3.88. The van der Waals surface area contributed by atoms with E-state index in [0.29, 0.717) is 23.5 Å². The topological polar surface area (TPSA) is 64.1 Å². The van der Waals surface area contributed by atoms with Crippen molar-refractivity contribution in [1.29, 1.82) is 0 Å². The molecule has 0 radical (unpaired) electrons. The van der Waals surface area contributed by atoms with E-state index in [4.69, 9.17) is 16.3 Å². The first-order valence-corrected chi connectivity index (χ1v) is 9.28. The van der Waals surface area contributed by atoms with Crippen LogP contribution < -0.4 is 5.32 Å². The zero-order valence-corrected chi connectivity index (χ0v) is 14.9. The summed E-state index contributed by atoms with van der Waals surface area (Å²) in [5.41, 5.74) is 1.04. The summed E-state index contributed by atoms with van der Waals surface area (Å²) in [6, 6.07) is 7.93. The molecule has 0 bridgehead atoms. The van der Waals surface area contributed by atoms with Crippen molar-refractivity contribution >= 4 is 44.7 Å². The van der Waals surface area contributed by atoms with E-state index in [1.807, 2.05) is 18.2 Å². The molecule has 1 fully saturated rings. The molecule has 1 amide bonds. The number of fused-ring (bicyclic) bond motifs is 1. The molecule has 4 rings (SSSR count). The number of amides is 1. The minimum absolute atomic E-state index is 0.0106. The maximum atomic E-state index is 12.3. The highest BCUT2D eigenvalue weighted by Gasteiger charge is 2.22. The van der Waals surface area contributed by atoms with Crippen LogP contribution in [0.2, 0.25) is 5.15 Å². The first-order valence-electron chi connectivity index (χ1n) is 8.09. The minimum Gasteiger partial charge on any atom is -0.381 e. The maximum Gasteiger partial charge on any atom is 0.229 e. The summed E-state index contributed by atoms with van der Waals surface area (Å²) in [4.78, 5) is 21.7. The molecule has 1 aliphatic rings. The molecule has 1 N–H and O–H groups in total. The van der Waals surface area contributed by atoms with Crippen molar-refractivity contribution in [3.63, 3.8) is 0 Å². The zero-order chi connectivity index (χ0) is 17.2. The maximum absolute atomic E-state index is 12.3. The molecule has 0 saturated carbocycles. The largest absolute Gasteiger partial charge is 0.381 e. The van der Waals surface area contributed by atoms with E-state index in [-0.39, 0.29) is 11.8 Å². The van der Waals surface area contributed by atoms with Gasteiger partial charge in [-0.05, 0) is 35.9 Å². The monoisotopic (exact) mass is 373 g/mol. The van der Waals surface area contributed by atoms with Gasteiger partial charge in [0.05, 0.1) is 4.88 Å². The second-order valence-corrected chi connectivity index (χ2v) is 7.39. The summed E-state index contributed by atoms with van der Waals surface area (Å²) >= 11 is 7.44. The average Bonchev–Trinajstić information content (AvgIpc) is 3.10. The van der Waals surface area contributed by atoms with Crippen LogP contribution in [-0.2, 0) is 9.53 Å². The number of thiazole rings is 1. The summed E-state index contributed by atoms with van der Waals surface area (Å²) in [5, 5.41) is 6.08. The van der Waals surface area contributed by atoms with Gasteiger partial charge in [-0.2, -0.15) is 0 Å². The molecule has 0 unspecified atom stereocenters. The number of nitrogens with one attached hydrogen (secondary N) is 1. The standard InChI is InChI=1S/C18H16ClN3O2S/c19-16-8-14-7-12(1-2-13(14)9-20-16)15-10-21-18(25-15)22-17(23)11-3-5-24-6-4-11/h1-2,7-11H,3-6H2,(H,21,22,23). The molecule has 0 atom stereocenters. The second kappa shape index (κ2) is 7.07. The van der Waals surface area contributed by atoms with Crippen molar-refractivity contribution in [3.05, 3.63) is 41.8 Å². The van der Waals surface area contributed by atoms with E-state index in [2.05, 4.69) is 21.4 Å². The Morgan fingerprint density at radius 3 is 2.84 bits per heavy atom. The summed E-state index contributed by atoms with van der Waals surface area (Å²) in [6.07, 6.45) is 5.08. The van der Waals surface area contributed by atoms with Crippen LogP contribution in [0, 0.1) is 5.92 Å². The number of carbonyl (C=O) groups is 1. The van der Waals surface area contributed by atoms with Crippen LogP contribution in [0.1, 0.15) is 12.8 Å². The molecule has 0 spiro atoms. The zero-order valence-electron chi connectivity index (χ0n) is 13.4. The van der Waals surface area contributed by atoms with Crippen molar-refractivity contribution in [1.82, 2.24) is 9.97 Å². The van der Waals surface area contributed by atoms with Crippen LogP contribution in [0.25, 0.3) is 21.2 Å². The molecular formula is C18H16ClN3O2S. The number of nitrogens with zero attached hydrogens (tertiary/aromatic N) is 2. The first kappa shape index (κ1) is 16.4. The third-order valence-corrected chi connectivity index (χ3v) is 5.47. The number of benzene rings is 1. The van der Waals surface area contributed by atoms with Crippen LogP contribution in [0.4, 0.5) is 5.13 Å². The van der Waals surface area contributed by atoms with Gasteiger partial charge in [0.25, 0.3) is 0 Å². The molecule has 0 aliphatic carbocycles. The van der Waals surface area contributed by atoms with Crippen molar-refractivity contribution < 1.29 is 9.53 Å². The molecule has 5 nitrogen and oxygen atoms in total. The van der Waals surface area contributed by atoms with Crippen LogP contribution in [0.15, 0.2) is 36.7 Å². The van der Waals surface area contributed by atoms with Gasteiger partial charge in [-0.25, -0.2) is 9.97 Å². The van der Waals surface area contributed by atoms with E-state index >= 15 is 0 Å². The third kappa shape index (κ3) is 3.66. The number of anilines is 1. The molecule has 3 aromatic rings. The van der Waals surface area contributed by atoms with Crippen molar-refractivity contribution in [2.75, 3.05) is 18.5 Å². The van der Waals surface area contributed by atoms with Crippen molar-refractivity contribution in [2.24, 2.45) is 5.92 Å². The van der Waals surface area contributed by atoms with Gasteiger partial charge in [-0.1, -0.05) is 35.1 Å². The first-order chi connectivity index (χ1) is 12.2. The Bertz CT molecular complexity index is 922. The SMILES string of the molecule is O=C(Nc1ncc(-c2ccc3cnc(Cl)cc3c2)s1)C1CCOCC1. The lowest BCUT2D eigenvalue weighted by atomic mass is 10.00. The quantitative estimate of drug-likeness (QED) is 0.692. The van der Waals surface area contributed by atoms with Crippen LogP contribution >= 0.6 is 22.9 Å². The smallest absolute Gasteiger partial charge is 0.229 e. The summed E-state index contributed by atoms with van der Waals surface area (Å²) < 4.78 is 5.30. The Labute approximate surface area is 154 Å². The van der Waals surface area contributed by atoms with Gasteiger partial charge in [-0.3, -0.25) is 4.79 Å². The van der Waals surface area contributed by atoms with Gasteiger partial charge in [-0.15, -0.1) is 0 Å². The highest BCUT2D eigenvalue weighted by atomic mass is 35.5. The number of pyridine rings is 1. The Morgan fingerprint density at radius 2 is 2.00 bits per heavy atom. The molecule has 1 aromatic carbocycles. The van der Waals surface area contributed by atoms with Crippen LogP contribution in [0.3, 0.4) is 0 Å². The van der Waals surface area contributed by atoms with Crippen LogP contribution in [-0.4, -0.2) is 29.1 Å². The number of ether oxygens (including phenoxy) is 1. The van der Waals surface area contributed by atoms with Crippen molar-refractivity contribution in [3.8, 4) is 10.4 Å². The van der Waals surface area contributed by atoms with Gasteiger partial charge >= 0.3 is 0 Å². The third-order valence-electron chi connectivity index (χ3n) is 4.30. The molecule has 128 valence electrons. The second-order valence-electron chi connectivity index (χ2n) is 5.97. The summed E-state index contributed by atoms with van der Waals surface area (Å²) in [6.45, 7) is 1.30. The molecule has 3 heterocycles. The number of carbonyl (C=O) groups excluding carboxylic acids is 1. The van der Waals surface area contributed by atoms with E-state index in [1.165, 1.54) is 11.3 Å². The number of aromatic nitrogens is 2. The normalized spacial score (nSPS) is 15.4. The lowest BCUT2D eigenvalue weighted by molar-refractivity contribution is -0.122. The van der Waals surface area contributed by atoms with Gasteiger partial charge in [0, 0.05) is 36.9 Å². The van der Waals surface area contributed by atoms with Crippen LogP contribution in [0.5, 0.6) is 0 Å². The number of hydrogen-bond acceptors (Lipinski definition) is 5. The average molecular weight is 374 g/mol. The van der Waals surface area contributed by atoms with Gasteiger partial charge in [0.1, 0.15) is 5.15 Å². The lowest BCUT2D eigenvalue weighted by Gasteiger charge is -2.20. The number of halogens is 1. The number of hydrogen-bond donors (Lipinski definition) is 1. The molecule has 25 heavy (non-hydrogen) atoms. The highest BCUT2D eigenvalue weighted by molar-refractivity contribution is 7.19. The van der Waals surface area contributed by atoms with E-state index in [0.717, 1.165) is 34.1 Å². The summed E-state index contributed by atoms with van der Waals surface area (Å²) in [5.74, 6) is 0.0389. The predicted molar refractivity (Wildman–Crippen MR) is 100 cm³/mol. The van der Waals surface area contributed by atoms with E-state index in [9.17, 15) is 4.79 Å². The van der Waals surface area contributed by atoms with E-state index < -0.39 is 0 Å². The summed E-state index contributed by atoms with van der Waals surface area (Å²) in [7, 11) is 0. The van der Waals surface area contributed by atoms with E-state index in [1.54, 1.807) is 12.4 Å². The van der Waals surface area contributed by atoms with Gasteiger partial charge in [0.2, 0.25) is 5.91 Å². The molecule has 1 saturated heterocycles. The Morgan fingerprint density at radius 1 is 1.16 bits per heavy atom. The minimum atomic E-state index is 0.0106. The highest BCUT2D eigenvalue weighted by Crippen LogP contribution is 2.32. The van der Waals surface area contributed by atoms with Gasteiger partial charge in [0.15, 0.2) is 5.13 Å². The Balaban J connectivity index is 1.53. The fourth-order valence-electron chi connectivity index (χ4n) is 2.90. The molecule has 1 aliphatic heterocycles. The Kier molecular flexibility index (Phi) is 4.65. The number of rotatable bonds is 3. The predicted octanol–water partition coefficient (Wildman–Crippen LogP) is 4.38. The molecular weight excluding hydrogens is 358 g/mol.